The molecule has 5 heteroatoms. The summed E-state index contributed by atoms with van der Waals surface area (Å²) in [5.41, 5.74) is 4.45. The zero-order chi connectivity index (χ0) is 16.6. The third kappa shape index (κ3) is 2.85. The van der Waals surface area contributed by atoms with Gasteiger partial charge in [-0.15, -0.1) is 0 Å². The molecule has 126 valence electrons. The molecule has 0 amide bonds. The molecule has 0 bridgehead atoms. The largest absolute Gasteiger partial charge is 0.338 e. The van der Waals surface area contributed by atoms with Gasteiger partial charge in [-0.3, -0.25) is 4.98 Å². The molecule has 0 radical (unpaired) electrons. The molecule has 1 N–H and O–H groups in total. The fourth-order valence-corrected chi connectivity index (χ4v) is 3.52. The number of rotatable bonds is 3. The van der Waals surface area contributed by atoms with Crippen LogP contribution in [0.5, 0.6) is 0 Å². The van der Waals surface area contributed by atoms with E-state index in [1.165, 1.54) is 18.4 Å². The van der Waals surface area contributed by atoms with Crippen molar-refractivity contribution in [2.24, 2.45) is 0 Å². The molecule has 5 rings (SSSR count). The SMILES string of the molecule is c1ccc2ncc(-c3nc(N4CCNCC4)ncc3C3CC3)cc2c1. The number of para-hydroxylation sites is 1. The van der Waals surface area contributed by atoms with Gasteiger partial charge in [0, 0.05) is 55.1 Å². The Labute approximate surface area is 147 Å². The Morgan fingerprint density at radius 2 is 1.84 bits per heavy atom. The van der Waals surface area contributed by atoms with Crippen molar-refractivity contribution in [2.45, 2.75) is 18.8 Å². The van der Waals surface area contributed by atoms with Crippen LogP contribution in [0.15, 0.2) is 42.7 Å². The summed E-state index contributed by atoms with van der Waals surface area (Å²) in [4.78, 5) is 16.6. The van der Waals surface area contributed by atoms with Gasteiger partial charge >= 0.3 is 0 Å². The van der Waals surface area contributed by atoms with Crippen molar-refractivity contribution in [1.29, 1.82) is 0 Å². The average Bonchev–Trinajstić information content (AvgIpc) is 3.53. The zero-order valence-electron chi connectivity index (χ0n) is 14.2. The number of aromatic nitrogens is 3. The quantitative estimate of drug-likeness (QED) is 0.800. The first-order chi connectivity index (χ1) is 12.4. The van der Waals surface area contributed by atoms with Crippen LogP contribution in [0.4, 0.5) is 5.95 Å². The molecule has 2 fully saturated rings. The molecule has 25 heavy (non-hydrogen) atoms. The molecule has 3 heterocycles. The number of fused-ring (bicyclic) bond motifs is 1. The Morgan fingerprint density at radius 1 is 1.00 bits per heavy atom. The van der Waals surface area contributed by atoms with Crippen LogP contribution in [0.25, 0.3) is 22.2 Å². The number of hydrogen-bond donors (Lipinski definition) is 1. The van der Waals surface area contributed by atoms with E-state index in [0.29, 0.717) is 5.92 Å². The first kappa shape index (κ1) is 14.8. The Balaban J connectivity index is 1.61. The summed E-state index contributed by atoms with van der Waals surface area (Å²) in [6.45, 7) is 3.89. The molecular formula is C20H21N5. The van der Waals surface area contributed by atoms with Gasteiger partial charge in [-0.2, -0.15) is 0 Å². The first-order valence-corrected chi connectivity index (χ1v) is 9.06. The fourth-order valence-electron chi connectivity index (χ4n) is 3.52. The summed E-state index contributed by atoms with van der Waals surface area (Å²) in [5.74, 6) is 1.45. The predicted octanol–water partition coefficient (Wildman–Crippen LogP) is 2.98. The first-order valence-electron chi connectivity index (χ1n) is 9.06. The van der Waals surface area contributed by atoms with Gasteiger partial charge in [-0.05, 0) is 30.9 Å². The van der Waals surface area contributed by atoms with Gasteiger partial charge in [0.15, 0.2) is 0 Å². The highest BCUT2D eigenvalue weighted by Crippen LogP contribution is 2.44. The van der Waals surface area contributed by atoms with Crippen molar-refractivity contribution in [3.63, 3.8) is 0 Å². The second kappa shape index (κ2) is 6.08. The minimum absolute atomic E-state index is 0.610. The highest BCUT2D eigenvalue weighted by molar-refractivity contribution is 5.83. The van der Waals surface area contributed by atoms with Crippen LogP contribution in [0.3, 0.4) is 0 Å². The Morgan fingerprint density at radius 3 is 2.68 bits per heavy atom. The molecule has 3 aromatic rings. The van der Waals surface area contributed by atoms with Gasteiger partial charge in [0.05, 0.1) is 11.2 Å². The second-order valence-electron chi connectivity index (χ2n) is 6.90. The van der Waals surface area contributed by atoms with Crippen molar-refractivity contribution < 1.29 is 0 Å². The lowest BCUT2D eigenvalue weighted by atomic mass is 10.0. The second-order valence-corrected chi connectivity index (χ2v) is 6.90. The van der Waals surface area contributed by atoms with Crippen LogP contribution in [-0.2, 0) is 0 Å². The summed E-state index contributed by atoms with van der Waals surface area (Å²) in [6.07, 6.45) is 6.49. The summed E-state index contributed by atoms with van der Waals surface area (Å²) >= 11 is 0. The third-order valence-electron chi connectivity index (χ3n) is 5.09. The molecule has 0 spiro atoms. The molecule has 1 saturated carbocycles. The lowest BCUT2D eigenvalue weighted by molar-refractivity contribution is 0.579. The number of pyridine rings is 1. The summed E-state index contributed by atoms with van der Waals surface area (Å²) < 4.78 is 0. The van der Waals surface area contributed by atoms with Crippen LogP contribution in [0.2, 0.25) is 0 Å². The van der Waals surface area contributed by atoms with E-state index in [1.807, 2.05) is 24.5 Å². The van der Waals surface area contributed by atoms with Gasteiger partial charge in [-0.1, -0.05) is 18.2 Å². The number of piperazine rings is 1. The topological polar surface area (TPSA) is 53.9 Å². The average molecular weight is 331 g/mol. The Kier molecular flexibility index (Phi) is 3.59. The molecule has 1 aliphatic heterocycles. The van der Waals surface area contributed by atoms with Crippen LogP contribution in [-0.4, -0.2) is 41.1 Å². The van der Waals surface area contributed by atoms with Gasteiger partial charge in [0.25, 0.3) is 0 Å². The maximum Gasteiger partial charge on any atom is 0.225 e. The van der Waals surface area contributed by atoms with E-state index in [9.17, 15) is 0 Å². The molecule has 1 aromatic carbocycles. The third-order valence-corrected chi connectivity index (χ3v) is 5.09. The van der Waals surface area contributed by atoms with Gasteiger partial charge in [0.1, 0.15) is 0 Å². The number of benzene rings is 1. The van der Waals surface area contributed by atoms with Crippen LogP contribution in [0, 0.1) is 0 Å². The maximum atomic E-state index is 4.98. The fraction of sp³-hybridized carbons (Fsp3) is 0.350. The molecule has 0 atom stereocenters. The van der Waals surface area contributed by atoms with E-state index in [1.54, 1.807) is 0 Å². The minimum atomic E-state index is 0.610. The number of nitrogens with zero attached hydrogens (tertiary/aromatic N) is 4. The van der Waals surface area contributed by atoms with Gasteiger partial charge < -0.3 is 10.2 Å². The maximum absolute atomic E-state index is 4.98. The molecule has 1 saturated heterocycles. The lowest BCUT2D eigenvalue weighted by Gasteiger charge is -2.27. The molecule has 1 aliphatic carbocycles. The van der Waals surface area contributed by atoms with Crippen molar-refractivity contribution >= 4 is 16.9 Å². The zero-order valence-corrected chi connectivity index (χ0v) is 14.2. The molecule has 0 unspecified atom stereocenters. The highest BCUT2D eigenvalue weighted by Gasteiger charge is 2.29. The number of nitrogens with one attached hydrogen (secondary N) is 1. The van der Waals surface area contributed by atoms with Crippen molar-refractivity contribution in [1.82, 2.24) is 20.3 Å². The Hall–Kier alpha value is -2.53. The van der Waals surface area contributed by atoms with Crippen molar-refractivity contribution in [3.8, 4) is 11.3 Å². The van der Waals surface area contributed by atoms with Crippen molar-refractivity contribution in [3.05, 3.63) is 48.3 Å². The van der Waals surface area contributed by atoms with E-state index < -0.39 is 0 Å². The monoisotopic (exact) mass is 331 g/mol. The van der Waals surface area contributed by atoms with Gasteiger partial charge in [-0.25, -0.2) is 9.97 Å². The molecule has 2 aromatic heterocycles. The van der Waals surface area contributed by atoms with Crippen LogP contribution < -0.4 is 10.2 Å². The van der Waals surface area contributed by atoms with Crippen LogP contribution in [0.1, 0.15) is 24.3 Å². The number of anilines is 1. The van der Waals surface area contributed by atoms with E-state index in [4.69, 9.17) is 4.98 Å². The molecule has 5 nitrogen and oxygen atoms in total. The molecule has 2 aliphatic rings. The summed E-state index contributed by atoms with van der Waals surface area (Å²) in [6, 6.07) is 10.5. The Bertz CT molecular complexity index is 913. The predicted molar refractivity (Wildman–Crippen MR) is 99.8 cm³/mol. The van der Waals surface area contributed by atoms with E-state index >= 15 is 0 Å². The van der Waals surface area contributed by atoms with Crippen molar-refractivity contribution in [2.75, 3.05) is 31.1 Å². The minimum Gasteiger partial charge on any atom is -0.338 e. The van der Waals surface area contributed by atoms with Crippen LogP contribution >= 0.6 is 0 Å². The lowest BCUT2D eigenvalue weighted by Crippen LogP contribution is -2.44. The smallest absolute Gasteiger partial charge is 0.225 e. The highest BCUT2D eigenvalue weighted by atomic mass is 15.3. The number of hydrogen-bond acceptors (Lipinski definition) is 5. The standard InChI is InChI=1S/C20H21N5/c1-2-4-18-15(3-1)11-16(12-22-18)19-17(14-5-6-14)13-23-20(24-19)25-9-7-21-8-10-25/h1-4,11-14,21H,5-10H2. The van der Waals surface area contributed by atoms with E-state index in [-0.39, 0.29) is 0 Å². The summed E-state index contributed by atoms with van der Waals surface area (Å²) in [7, 11) is 0. The van der Waals surface area contributed by atoms with Gasteiger partial charge in [0.2, 0.25) is 5.95 Å². The molecular weight excluding hydrogens is 310 g/mol. The van der Waals surface area contributed by atoms with E-state index in [2.05, 4.69) is 38.4 Å². The van der Waals surface area contributed by atoms with E-state index in [0.717, 1.165) is 54.3 Å². The normalized spacial score (nSPS) is 17.8. The summed E-state index contributed by atoms with van der Waals surface area (Å²) in [5, 5.41) is 4.54.